The van der Waals surface area contributed by atoms with Crippen molar-refractivity contribution in [3.63, 3.8) is 0 Å². The second-order valence-corrected chi connectivity index (χ2v) is 3.63. The number of fused-ring (bicyclic) bond motifs is 1. The average molecular weight is 235 g/mol. The zero-order chi connectivity index (χ0) is 12.3. The van der Waals surface area contributed by atoms with Crippen LogP contribution in [0.3, 0.4) is 0 Å². The van der Waals surface area contributed by atoms with Crippen LogP contribution in [0.1, 0.15) is 41.2 Å². The number of rotatable bonds is 3. The SMILES string of the molecule is CCCOC(=O)c1cc2c(cn1)C(O)OC=C2. The van der Waals surface area contributed by atoms with Crippen molar-refractivity contribution in [2.45, 2.75) is 19.6 Å². The van der Waals surface area contributed by atoms with E-state index in [0.29, 0.717) is 17.7 Å². The molecule has 0 spiro atoms. The Morgan fingerprint density at radius 2 is 2.47 bits per heavy atom. The number of hydrogen-bond acceptors (Lipinski definition) is 5. The van der Waals surface area contributed by atoms with Crippen LogP contribution < -0.4 is 0 Å². The maximum atomic E-state index is 11.6. The van der Waals surface area contributed by atoms with Gasteiger partial charge in [0, 0.05) is 11.8 Å². The second kappa shape index (κ2) is 4.97. The highest BCUT2D eigenvalue weighted by atomic mass is 16.6. The topological polar surface area (TPSA) is 68.7 Å². The summed E-state index contributed by atoms with van der Waals surface area (Å²) in [6, 6.07) is 1.58. The molecule has 5 heteroatoms. The molecule has 1 aliphatic heterocycles. The van der Waals surface area contributed by atoms with Gasteiger partial charge in [0.2, 0.25) is 6.29 Å². The van der Waals surface area contributed by atoms with E-state index in [2.05, 4.69) is 4.98 Å². The van der Waals surface area contributed by atoms with E-state index in [0.717, 1.165) is 6.42 Å². The molecule has 1 atom stereocenters. The van der Waals surface area contributed by atoms with Crippen molar-refractivity contribution in [1.82, 2.24) is 4.98 Å². The summed E-state index contributed by atoms with van der Waals surface area (Å²) in [5.41, 5.74) is 1.48. The molecule has 0 bridgehead atoms. The number of carbonyl (C=O) groups is 1. The number of ether oxygens (including phenoxy) is 2. The first-order chi connectivity index (χ1) is 8.22. The zero-order valence-corrected chi connectivity index (χ0v) is 9.42. The summed E-state index contributed by atoms with van der Waals surface area (Å²) >= 11 is 0. The van der Waals surface area contributed by atoms with Crippen LogP contribution in [0.5, 0.6) is 0 Å². The lowest BCUT2D eigenvalue weighted by Gasteiger charge is -2.17. The van der Waals surface area contributed by atoms with Crippen LogP contribution >= 0.6 is 0 Å². The Kier molecular flexibility index (Phi) is 3.39. The van der Waals surface area contributed by atoms with E-state index in [1.807, 2.05) is 6.92 Å². The number of nitrogens with zero attached hydrogens (tertiary/aromatic N) is 1. The molecular weight excluding hydrogens is 222 g/mol. The first-order valence-electron chi connectivity index (χ1n) is 5.39. The van der Waals surface area contributed by atoms with E-state index in [9.17, 15) is 9.90 Å². The zero-order valence-electron chi connectivity index (χ0n) is 9.42. The summed E-state index contributed by atoms with van der Waals surface area (Å²) in [6.45, 7) is 2.29. The minimum absolute atomic E-state index is 0.232. The van der Waals surface area contributed by atoms with Gasteiger partial charge in [-0.3, -0.25) is 0 Å². The van der Waals surface area contributed by atoms with Crippen molar-refractivity contribution in [2.24, 2.45) is 0 Å². The van der Waals surface area contributed by atoms with Crippen molar-refractivity contribution in [2.75, 3.05) is 6.61 Å². The molecule has 2 rings (SSSR count). The molecule has 0 aliphatic carbocycles. The van der Waals surface area contributed by atoms with Crippen LogP contribution in [0, 0.1) is 0 Å². The number of carbonyl (C=O) groups excluding carboxylic acids is 1. The highest BCUT2D eigenvalue weighted by molar-refractivity contribution is 5.88. The van der Waals surface area contributed by atoms with Crippen molar-refractivity contribution >= 4 is 12.0 Å². The van der Waals surface area contributed by atoms with Gasteiger partial charge in [0.25, 0.3) is 0 Å². The standard InChI is InChI=1S/C12H13NO4/c1-2-4-16-12(15)10-6-8-3-5-17-11(14)9(8)7-13-10/h3,5-7,11,14H,2,4H2,1H3. The fourth-order valence-electron chi connectivity index (χ4n) is 1.47. The van der Waals surface area contributed by atoms with E-state index < -0.39 is 12.3 Å². The summed E-state index contributed by atoms with van der Waals surface area (Å²) in [5.74, 6) is -0.455. The molecule has 1 N–H and O–H groups in total. The number of hydrogen-bond donors (Lipinski definition) is 1. The van der Waals surface area contributed by atoms with E-state index in [1.54, 1.807) is 12.1 Å². The van der Waals surface area contributed by atoms with Crippen LogP contribution in [-0.4, -0.2) is 22.7 Å². The lowest BCUT2D eigenvalue weighted by atomic mass is 10.1. The lowest BCUT2D eigenvalue weighted by molar-refractivity contribution is -0.0557. The summed E-state index contributed by atoms with van der Waals surface area (Å²) in [4.78, 5) is 15.5. The van der Waals surface area contributed by atoms with Gasteiger partial charge in [-0.15, -0.1) is 0 Å². The molecule has 1 aromatic rings. The summed E-state index contributed by atoms with van der Waals surface area (Å²) in [7, 11) is 0. The highest BCUT2D eigenvalue weighted by Crippen LogP contribution is 2.25. The molecule has 0 fully saturated rings. The van der Waals surface area contributed by atoms with Gasteiger partial charge in [-0.2, -0.15) is 0 Å². The molecule has 0 radical (unpaired) electrons. The van der Waals surface area contributed by atoms with Gasteiger partial charge in [-0.1, -0.05) is 6.92 Å². The average Bonchev–Trinajstić information content (AvgIpc) is 2.36. The highest BCUT2D eigenvalue weighted by Gasteiger charge is 2.18. The summed E-state index contributed by atoms with van der Waals surface area (Å²) < 4.78 is 9.86. The molecule has 2 heterocycles. The van der Waals surface area contributed by atoms with Gasteiger partial charge >= 0.3 is 5.97 Å². The molecule has 17 heavy (non-hydrogen) atoms. The molecule has 0 saturated heterocycles. The van der Waals surface area contributed by atoms with E-state index in [1.165, 1.54) is 12.5 Å². The Morgan fingerprint density at radius 1 is 1.65 bits per heavy atom. The maximum absolute atomic E-state index is 11.6. The third-order valence-corrected chi connectivity index (χ3v) is 2.34. The summed E-state index contributed by atoms with van der Waals surface area (Å²) in [5, 5.41) is 9.50. The normalized spacial score (nSPS) is 17.2. The van der Waals surface area contributed by atoms with Crippen molar-refractivity contribution in [3.8, 4) is 0 Å². The van der Waals surface area contributed by atoms with Crippen LogP contribution in [-0.2, 0) is 9.47 Å². The Hall–Kier alpha value is -1.88. The number of aliphatic hydroxyl groups excluding tert-OH is 1. The van der Waals surface area contributed by atoms with Gasteiger partial charge < -0.3 is 14.6 Å². The number of aliphatic hydroxyl groups is 1. The number of aromatic nitrogens is 1. The summed E-state index contributed by atoms with van der Waals surface area (Å²) in [6.07, 6.45) is 4.21. The van der Waals surface area contributed by atoms with E-state index in [-0.39, 0.29) is 5.69 Å². The molecule has 1 aliphatic rings. The van der Waals surface area contributed by atoms with Gasteiger partial charge in [0.1, 0.15) is 5.69 Å². The molecule has 1 unspecified atom stereocenters. The molecule has 1 aromatic heterocycles. The number of pyridine rings is 1. The molecule has 0 amide bonds. The van der Waals surface area contributed by atoms with Gasteiger partial charge in [0.05, 0.1) is 12.9 Å². The van der Waals surface area contributed by atoms with Crippen LogP contribution in [0.2, 0.25) is 0 Å². The Labute approximate surface area is 98.7 Å². The van der Waals surface area contributed by atoms with Crippen LogP contribution in [0.25, 0.3) is 6.08 Å². The van der Waals surface area contributed by atoms with Gasteiger partial charge in [-0.05, 0) is 24.1 Å². The Bertz CT molecular complexity index is 456. The maximum Gasteiger partial charge on any atom is 0.356 e. The van der Waals surface area contributed by atoms with Crippen LogP contribution in [0.15, 0.2) is 18.5 Å². The quantitative estimate of drug-likeness (QED) is 0.806. The molecule has 0 aromatic carbocycles. The van der Waals surface area contributed by atoms with Crippen molar-refractivity contribution in [1.29, 1.82) is 0 Å². The number of esters is 1. The van der Waals surface area contributed by atoms with Gasteiger partial charge in [0.15, 0.2) is 0 Å². The molecule has 90 valence electrons. The predicted octanol–water partition coefficient (Wildman–Crippen LogP) is 1.64. The van der Waals surface area contributed by atoms with Crippen LogP contribution in [0.4, 0.5) is 0 Å². The third-order valence-electron chi connectivity index (χ3n) is 2.34. The largest absolute Gasteiger partial charge is 0.468 e. The Balaban J connectivity index is 2.22. The minimum atomic E-state index is -1.02. The fraction of sp³-hybridized carbons (Fsp3) is 0.333. The monoisotopic (exact) mass is 235 g/mol. The predicted molar refractivity (Wildman–Crippen MR) is 59.9 cm³/mol. The third kappa shape index (κ3) is 2.45. The van der Waals surface area contributed by atoms with E-state index >= 15 is 0 Å². The molecule has 0 saturated carbocycles. The molecule has 5 nitrogen and oxygen atoms in total. The smallest absolute Gasteiger partial charge is 0.356 e. The first-order valence-corrected chi connectivity index (χ1v) is 5.39. The molecular formula is C12H13NO4. The fourth-order valence-corrected chi connectivity index (χ4v) is 1.47. The van der Waals surface area contributed by atoms with E-state index in [4.69, 9.17) is 9.47 Å². The van der Waals surface area contributed by atoms with Gasteiger partial charge in [-0.25, -0.2) is 9.78 Å². The Morgan fingerprint density at radius 3 is 3.24 bits per heavy atom. The van der Waals surface area contributed by atoms with Crippen molar-refractivity contribution < 1.29 is 19.4 Å². The first kappa shape index (κ1) is 11.6. The minimum Gasteiger partial charge on any atom is -0.468 e. The van der Waals surface area contributed by atoms with Crippen molar-refractivity contribution in [3.05, 3.63) is 35.3 Å². The lowest BCUT2D eigenvalue weighted by Crippen LogP contribution is -2.12. The second-order valence-electron chi connectivity index (χ2n) is 3.63.